The van der Waals surface area contributed by atoms with E-state index in [4.69, 9.17) is 26.4 Å². The van der Waals surface area contributed by atoms with Crippen LogP contribution in [0.25, 0.3) is 6.08 Å². The highest BCUT2D eigenvalue weighted by molar-refractivity contribution is 8.27. The third-order valence-corrected chi connectivity index (χ3v) is 5.15. The quantitative estimate of drug-likeness (QED) is 0.593. The number of carbonyl (C=O) groups is 1. The molecule has 1 saturated heterocycles. The Morgan fingerprint density at radius 3 is 2.96 bits per heavy atom. The topological polar surface area (TPSA) is 60.9 Å². The molecule has 4 rings (SSSR count). The molecule has 132 valence electrons. The molecule has 1 amide bonds. The van der Waals surface area contributed by atoms with Crippen molar-refractivity contribution in [3.63, 3.8) is 0 Å². The minimum absolute atomic E-state index is 0.179. The molecular formula is C18H14N2O4S2. The molecule has 2 aliphatic heterocycles. The Labute approximate surface area is 159 Å². The van der Waals surface area contributed by atoms with Crippen LogP contribution in [0, 0.1) is 0 Å². The molecule has 2 aliphatic rings. The average Bonchev–Trinajstić information content (AvgIpc) is 2.95. The van der Waals surface area contributed by atoms with E-state index in [2.05, 4.69) is 4.98 Å². The van der Waals surface area contributed by atoms with Crippen molar-refractivity contribution in [2.24, 2.45) is 0 Å². The fraction of sp³-hybridized carbons (Fsp3) is 0.167. The zero-order valence-electron chi connectivity index (χ0n) is 13.8. The monoisotopic (exact) mass is 386 g/mol. The summed E-state index contributed by atoms with van der Waals surface area (Å²) in [5, 5.41) is 0. The fourth-order valence-corrected chi connectivity index (χ4v) is 4.00. The van der Waals surface area contributed by atoms with Crippen molar-refractivity contribution in [3.8, 4) is 17.2 Å². The lowest BCUT2D eigenvalue weighted by Crippen LogP contribution is -2.27. The average molecular weight is 386 g/mol. The number of ether oxygens (including phenoxy) is 3. The lowest BCUT2D eigenvalue weighted by Gasteiger charge is -2.21. The van der Waals surface area contributed by atoms with Crippen LogP contribution in [0.5, 0.6) is 17.2 Å². The van der Waals surface area contributed by atoms with E-state index in [9.17, 15) is 4.79 Å². The second-order valence-corrected chi connectivity index (χ2v) is 7.15. The molecule has 0 atom stereocenters. The SMILES string of the molecule is COc1cc(C=C2SC(=S)N(c3cccnc3)C2=O)cc2c1OCCO2. The molecule has 3 heterocycles. The first-order valence-corrected chi connectivity index (χ1v) is 9.05. The van der Waals surface area contributed by atoms with Gasteiger partial charge in [0.05, 0.1) is 23.9 Å². The number of nitrogens with zero attached hydrogens (tertiary/aromatic N) is 2. The van der Waals surface area contributed by atoms with E-state index in [0.29, 0.717) is 45.4 Å². The van der Waals surface area contributed by atoms with Gasteiger partial charge in [-0.05, 0) is 35.9 Å². The lowest BCUT2D eigenvalue weighted by atomic mass is 10.1. The van der Waals surface area contributed by atoms with Gasteiger partial charge in [-0.1, -0.05) is 24.0 Å². The maximum absolute atomic E-state index is 12.8. The van der Waals surface area contributed by atoms with Gasteiger partial charge in [-0.15, -0.1) is 0 Å². The number of rotatable bonds is 3. The van der Waals surface area contributed by atoms with Gasteiger partial charge in [-0.25, -0.2) is 0 Å². The van der Waals surface area contributed by atoms with E-state index < -0.39 is 0 Å². The largest absolute Gasteiger partial charge is 0.493 e. The number of amides is 1. The van der Waals surface area contributed by atoms with Crippen LogP contribution in [-0.4, -0.2) is 35.5 Å². The van der Waals surface area contributed by atoms with Gasteiger partial charge in [-0.2, -0.15) is 0 Å². The van der Waals surface area contributed by atoms with Gasteiger partial charge in [-0.3, -0.25) is 14.7 Å². The zero-order chi connectivity index (χ0) is 18.1. The van der Waals surface area contributed by atoms with Gasteiger partial charge in [0.1, 0.15) is 13.2 Å². The van der Waals surface area contributed by atoms with Gasteiger partial charge in [0.25, 0.3) is 5.91 Å². The van der Waals surface area contributed by atoms with Crippen LogP contribution in [0.2, 0.25) is 0 Å². The number of thiocarbonyl (C=S) groups is 1. The smallest absolute Gasteiger partial charge is 0.270 e. The number of anilines is 1. The third kappa shape index (κ3) is 3.02. The number of aromatic nitrogens is 1. The standard InChI is InChI=1S/C18H14N2O4S2/c1-22-13-7-11(8-14-16(13)24-6-5-23-14)9-15-17(21)20(18(25)26-15)12-3-2-4-19-10-12/h2-4,7-10H,5-6H2,1H3. The van der Waals surface area contributed by atoms with E-state index >= 15 is 0 Å². The molecule has 2 aromatic rings. The highest BCUT2D eigenvalue weighted by Crippen LogP contribution is 2.42. The Balaban J connectivity index is 1.69. The highest BCUT2D eigenvalue weighted by Gasteiger charge is 2.33. The van der Waals surface area contributed by atoms with Crippen LogP contribution >= 0.6 is 24.0 Å². The van der Waals surface area contributed by atoms with Gasteiger partial charge in [0.15, 0.2) is 15.8 Å². The highest BCUT2D eigenvalue weighted by atomic mass is 32.2. The molecule has 1 aromatic carbocycles. The zero-order valence-corrected chi connectivity index (χ0v) is 15.4. The second-order valence-electron chi connectivity index (χ2n) is 5.48. The summed E-state index contributed by atoms with van der Waals surface area (Å²) in [5.74, 6) is 1.57. The van der Waals surface area contributed by atoms with Gasteiger partial charge >= 0.3 is 0 Å². The molecule has 26 heavy (non-hydrogen) atoms. The summed E-state index contributed by atoms with van der Waals surface area (Å²) in [6.07, 6.45) is 5.04. The Bertz CT molecular complexity index is 898. The number of benzene rings is 1. The van der Waals surface area contributed by atoms with Crippen LogP contribution < -0.4 is 19.1 Å². The number of pyridine rings is 1. The van der Waals surface area contributed by atoms with E-state index in [1.807, 2.05) is 12.1 Å². The summed E-state index contributed by atoms with van der Waals surface area (Å²) in [7, 11) is 1.57. The molecule has 0 radical (unpaired) electrons. The maximum Gasteiger partial charge on any atom is 0.270 e. The second kappa shape index (κ2) is 6.97. The number of hydrogen-bond donors (Lipinski definition) is 0. The molecule has 0 saturated carbocycles. The maximum atomic E-state index is 12.8. The Morgan fingerprint density at radius 2 is 2.19 bits per heavy atom. The van der Waals surface area contributed by atoms with Crippen LogP contribution in [0.15, 0.2) is 41.6 Å². The summed E-state index contributed by atoms with van der Waals surface area (Å²) in [4.78, 5) is 18.9. The minimum Gasteiger partial charge on any atom is -0.493 e. The van der Waals surface area contributed by atoms with Crippen LogP contribution in [0.1, 0.15) is 5.56 Å². The van der Waals surface area contributed by atoms with Crippen LogP contribution in [-0.2, 0) is 4.79 Å². The van der Waals surface area contributed by atoms with Gasteiger partial charge in [0, 0.05) is 6.20 Å². The molecule has 6 nitrogen and oxygen atoms in total. The summed E-state index contributed by atoms with van der Waals surface area (Å²) < 4.78 is 17.1. The lowest BCUT2D eigenvalue weighted by molar-refractivity contribution is -0.113. The molecule has 0 aliphatic carbocycles. The Kier molecular flexibility index (Phi) is 4.52. The number of hydrogen-bond acceptors (Lipinski definition) is 7. The number of thioether (sulfide) groups is 1. The van der Waals surface area contributed by atoms with E-state index in [0.717, 1.165) is 5.56 Å². The van der Waals surface area contributed by atoms with Gasteiger partial charge < -0.3 is 14.2 Å². The molecule has 0 bridgehead atoms. The predicted octanol–water partition coefficient (Wildman–Crippen LogP) is 3.27. The predicted molar refractivity (Wildman–Crippen MR) is 104 cm³/mol. The number of methoxy groups -OCH3 is 1. The van der Waals surface area contributed by atoms with Crippen molar-refractivity contribution in [1.29, 1.82) is 0 Å². The molecule has 1 aromatic heterocycles. The molecule has 1 fully saturated rings. The van der Waals surface area contributed by atoms with Crippen molar-refractivity contribution >= 4 is 46.0 Å². The summed E-state index contributed by atoms with van der Waals surface area (Å²) in [5.41, 5.74) is 1.43. The minimum atomic E-state index is -0.179. The first-order valence-electron chi connectivity index (χ1n) is 7.83. The summed E-state index contributed by atoms with van der Waals surface area (Å²) in [6.45, 7) is 0.954. The van der Waals surface area contributed by atoms with E-state index in [1.165, 1.54) is 16.7 Å². The molecule has 0 unspecified atom stereocenters. The van der Waals surface area contributed by atoms with Crippen molar-refractivity contribution in [2.75, 3.05) is 25.2 Å². The summed E-state index contributed by atoms with van der Waals surface area (Å²) >= 11 is 6.62. The molecule has 0 spiro atoms. The summed E-state index contributed by atoms with van der Waals surface area (Å²) in [6, 6.07) is 7.20. The first kappa shape index (κ1) is 16.9. The Morgan fingerprint density at radius 1 is 1.35 bits per heavy atom. The molecular weight excluding hydrogens is 372 g/mol. The van der Waals surface area contributed by atoms with Crippen molar-refractivity contribution in [3.05, 3.63) is 47.1 Å². The van der Waals surface area contributed by atoms with Crippen molar-refractivity contribution in [2.45, 2.75) is 0 Å². The van der Waals surface area contributed by atoms with Crippen LogP contribution in [0.3, 0.4) is 0 Å². The van der Waals surface area contributed by atoms with E-state index in [-0.39, 0.29) is 5.91 Å². The van der Waals surface area contributed by atoms with Gasteiger partial charge in [0.2, 0.25) is 5.75 Å². The number of carbonyl (C=O) groups excluding carboxylic acids is 1. The fourth-order valence-electron chi connectivity index (χ4n) is 2.70. The van der Waals surface area contributed by atoms with Crippen molar-refractivity contribution < 1.29 is 19.0 Å². The van der Waals surface area contributed by atoms with Crippen LogP contribution in [0.4, 0.5) is 5.69 Å². The Hall–Kier alpha value is -2.58. The first-order chi connectivity index (χ1) is 12.7. The normalized spacial score (nSPS) is 17.7. The molecule has 8 heteroatoms. The van der Waals surface area contributed by atoms with Crippen molar-refractivity contribution in [1.82, 2.24) is 4.98 Å². The third-order valence-electron chi connectivity index (χ3n) is 3.85. The number of fused-ring (bicyclic) bond motifs is 1. The molecule has 0 N–H and O–H groups in total. The van der Waals surface area contributed by atoms with E-state index in [1.54, 1.807) is 37.7 Å².